The van der Waals surface area contributed by atoms with E-state index in [1.165, 1.54) is 11.3 Å². The van der Waals surface area contributed by atoms with Crippen LogP contribution in [0.1, 0.15) is 38.3 Å². The molecule has 0 aromatic heterocycles. The maximum Gasteiger partial charge on any atom is 0.0684 e. The molecule has 1 aromatic carbocycles. The SMILES string of the molecule is CCCN(c1ccc(CO)c(C)c1)C(C)C. The maximum absolute atomic E-state index is 9.15. The second kappa shape index (κ2) is 5.90. The molecule has 0 aliphatic carbocycles. The molecule has 0 unspecified atom stereocenters. The van der Waals surface area contributed by atoms with Gasteiger partial charge in [0.25, 0.3) is 0 Å². The van der Waals surface area contributed by atoms with Crippen molar-refractivity contribution in [2.24, 2.45) is 0 Å². The van der Waals surface area contributed by atoms with E-state index in [-0.39, 0.29) is 6.61 Å². The van der Waals surface area contributed by atoms with Crippen LogP contribution in [0.5, 0.6) is 0 Å². The standard InChI is InChI=1S/C14H23NO/c1-5-8-15(11(2)3)14-7-6-13(10-16)12(4)9-14/h6-7,9,11,16H,5,8,10H2,1-4H3. The summed E-state index contributed by atoms with van der Waals surface area (Å²) in [7, 11) is 0. The summed E-state index contributed by atoms with van der Waals surface area (Å²) in [5, 5.41) is 9.15. The Morgan fingerprint density at radius 1 is 1.31 bits per heavy atom. The van der Waals surface area contributed by atoms with Crippen LogP contribution in [0.4, 0.5) is 5.69 Å². The minimum atomic E-state index is 0.127. The van der Waals surface area contributed by atoms with E-state index in [0.29, 0.717) is 6.04 Å². The zero-order valence-electron chi connectivity index (χ0n) is 10.8. The van der Waals surface area contributed by atoms with Crippen molar-refractivity contribution in [1.82, 2.24) is 0 Å². The molecule has 0 fully saturated rings. The molecule has 0 saturated carbocycles. The van der Waals surface area contributed by atoms with E-state index in [2.05, 4.69) is 44.7 Å². The molecule has 1 aromatic rings. The molecule has 1 N–H and O–H groups in total. The van der Waals surface area contributed by atoms with Crippen molar-refractivity contribution in [2.45, 2.75) is 46.8 Å². The van der Waals surface area contributed by atoms with Gasteiger partial charge in [0, 0.05) is 18.3 Å². The molecule has 90 valence electrons. The Kier molecular flexibility index (Phi) is 4.81. The Labute approximate surface area is 98.9 Å². The van der Waals surface area contributed by atoms with Crippen LogP contribution in [0.2, 0.25) is 0 Å². The Hall–Kier alpha value is -1.02. The van der Waals surface area contributed by atoms with E-state index < -0.39 is 0 Å². The number of nitrogens with zero attached hydrogens (tertiary/aromatic N) is 1. The lowest BCUT2D eigenvalue weighted by atomic mass is 10.1. The van der Waals surface area contributed by atoms with E-state index in [1.54, 1.807) is 0 Å². The lowest BCUT2D eigenvalue weighted by Crippen LogP contribution is -2.31. The van der Waals surface area contributed by atoms with Crippen LogP contribution < -0.4 is 4.90 Å². The number of aryl methyl sites for hydroxylation is 1. The Morgan fingerprint density at radius 3 is 2.44 bits per heavy atom. The van der Waals surface area contributed by atoms with Gasteiger partial charge in [-0.1, -0.05) is 13.0 Å². The normalized spacial score (nSPS) is 10.9. The summed E-state index contributed by atoms with van der Waals surface area (Å²) in [6, 6.07) is 6.81. The third-order valence-corrected chi connectivity index (χ3v) is 2.92. The minimum absolute atomic E-state index is 0.127. The van der Waals surface area contributed by atoms with Crippen LogP contribution in [-0.4, -0.2) is 17.7 Å². The third kappa shape index (κ3) is 2.99. The van der Waals surface area contributed by atoms with E-state index in [0.717, 1.165) is 18.5 Å². The number of anilines is 1. The van der Waals surface area contributed by atoms with Crippen molar-refractivity contribution in [3.63, 3.8) is 0 Å². The predicted molar refractivity (Wildman–Crippen MR) is 69.9 cm³/mol. The number of hydrogen-bond acceptors (Lipinski definition) is 2. The van der Waals surface area contributed by atoms with Gasteiger partial charge in [-0.2, -0.15) is 0 Å². The molecule has 2 nitrogen and oxygen atoms in total. The molecule has 0 spiro atoms. The van der Waals surface area contributed by atoms with Crippen LogP contribution in [0, 0.1) is 6.92 Å². The van der Waals surface area contributed by atoms with E-state index in [4.69, 9.17) is 5.11 Å². The highest BCUT2D eigenvalue weighted by Crippen LogP contribution is 2.21. The number of benzene rings is 1. The molecular weight excluding hydrogens is 198 g/mol. The predicted octanol–water partition coefficient (Wildman–Crippen LogP) is 3.11. The summed E-state index contributed by atoms with van der Waals surface area (Å²) in [6.07, 6.45) is 1.15. The Bertz CT molecular complexity index is 334. The Morgan fingerprint density at radius 2 is 2.00 bits per heavy atom. The van der Waals surface area contributed by atoms with Gasteiger partial charge in [0.1, 0.15) is 0 Å². The number of aliphatic hydroxyl groups is 1. The second-order valence-corrected chi connectivity index (χ2v) is 4.56. The summed E-state index contributed by atoms with van der Waals surface area (Å²) in [4.78, 5) is 2.40. The van der Waals surface area contributed by atoms with Gasteiger partial charge in [-0.15, -0.1) is 0 Å². The fourth-order valence-electron chi connectivity index (χ4n) is 1.96. The molecule has 0 aliphatic rings. The lowest BCUT2D eigenvalue weighted by molar-refractivity contribution is 0.281. The molecule has 0 saturated heterocycles. The molecular formula is C14H23NO. The second-order valence-electron chi connectivity index (χ2n) is 4.56. The highest BCUT2D eigenvalue weighted by molar-refractivity contribution is 5.51. The van der Waals surface area contributed by atoms with E-state index in [1.807, 2.05) is 6.07 Å². The average molecular weight is 221 g/mol. The van der Waals surface area contributed by atoms with Crippen molar-refractivity contribution < 1.29 is 5.11 Å². The molecule has 0 bridgehead atoms. The minimum Gasteiger partial charge on any atom is -0.392 e. The van der Waals surface area contributed by atoms with Gasteiger partial charge in [-0.05, 0) is 50.5 Å². The molecule has 0 aliphatic heterocycles. The lowest BCUT2D eigenvalue weighted by Gasteiger charge is -2.29. The van der Waals surface area contributed by atoms with Crippen molar-refractivity contribution in [2.75, 3.05) is 11.4 Å². The van der Waals surface area contributed by atoms with Gasteiger partial charge in [0.2, 0.25) is 0 Å². The van der Waals surface area contributed by atoms with E-state index >= 15 is 0 Å². The quantitative estimate of drug-likeness (QED) is 0.826. The van der Waals surface area contributed by atoms with Gasteiger partial charge in [-0.25, -0.2) is 0 Å². The van der Waals surface area contributed by atoms with Gasteiger partial charge in [0.05, 0.1) is 6.61 Å². The van der Waals surface area contributed by atoms with Crippen LogP contribution in [-0.2, 0) is 6.61 Å². The summed E-state index contributed by atoms with van der Waals surface area (Å²) in [5.41, 5.74) is 3.44. The summed E-state index contributed by atoms with van der Waals surface area (Å²) >= 11 is 0. The van der Waals surface area contributed by atoms with Crippen molar-refractivity contribution in [3.8, 4) is 0 Å². The first-order chi connectivity index (χ1) is 7.60. The van der Waals surface area contributed by atoms with Crippen molar-refractivity contribution >= 4 is 5.69 Å². The van der Waals surface area contributed by atoms with Crippen LogP contribution in [0.15, 0.2) is 18.2 Å². The fraction of sp³-hybridized carbons (Fsp3) is 0.571. The number of aliphatic hydroxyl groups excluding tert-OH is 1. The topological polar surface area (TPSA) is 23.5 Å². The molecule has 0 amide bonds. The third-order valence-electron chi connectivity index (χ3n) is 2.92. The van der Waals surface area contributed by atoms with Crippen molar-refractivity contribution in [3.05, 3.63) is 29.3 Å². The van der Waals surface area contributed by atoms with Crippen LogP contribution in [0.25, 0.3) is 0 Å². The summed E-state index contributed by atoms with van der Waals surface area (Å²) in [5.74, 6) is 0. The molecule has 0 radical (unpaired) electrons. The highest BCUT2D eigenvalue weighted by atomic mass is 16.3. The Balaban J connectivity index is 2.97. The smallest absolute Gasteiger partial charge is 0.0684 e. The first-order valence-electron chi connectivity index (χ1n) is 6.07. The van der Waals surface area contributed by atoms with Gasteiger partial charge >= 0.3 is 0 Å². The van der Waals surface area contributed by atoms with Crippen LogP contribution in [0.3, 0.4) is 0 Å². The van der Waals surface area contributed by atoms with Crippen LogP contribution >= 0.6 is 0 Å². The van der Waals surface area contributed by atoms with Gasteiger partial charge < -0.3 is 10.0 Å². The number of rotatable bonds is 5. The largest absolute Gasteiger partial charge is 0.392 e. The highest BCUT2D eigenvalue weighted by Gasteiger charge is 2.10. The molecule has 16 heavy (non-hydrogen) atoms. The molecule has 0 atom stereocenters. The number of hydrogen-bond donors (Lipinski definition) is 1. The maximum atomic E-state index is 9.15. The summed E-state index contributed by atoms with van der Waals surface area (Å²) in [6.45, 7) is 9.89. The molecule has 0 heterocycles. The first-order valence-corrected chi connectivity index (χ1v) is 6.07. The summed E-state index contributed by atoms with van der Waals surface area (Å²) < 4.78 is 0. The van der Waals surface area contributed by atoms with E-state index in [9.17, 15) is 0 Å². The van der Waals surface area contributed by atoms with Gasteiger partial charge in [0.15, 0.2) is 0 Å². The first kappa shape index (κ1) is 13.0. The van der Waals surface area contributed by atoms with Gasteiger partial charge in [-0.3, -0.25) is 0 Å². The zero-order chi connectivity index (χ0) is 12.1. The molecule has 2 heteroatoms. The monoisotopic (exact) mass is 221 g/mol. The molecule has 1 rings (SSSR count). The van der Waals surface area contributed by atoms with Crippen molar-refractivity contribution in [1.29, 1.82) is 0 Å². The fourth-order valence-corrected chi connectivity index (χ4v) is 1.96. The zero-order valence-corrected chi connectivity index (χ0v) is 10.8. The average Bonchev–Trinajstić information content (AvgIpc) is 2.25.